The van der Waals surface area contributed by atoms with E-state index in [4.69, 9.17) is 11.6 Å². The number of carbonyl (C=O) groups excluding carboxylic acids is 2. The van der Waals surface area contributed by atoms with Crippen molar-refractivity contribution < 1.29 is 9.59 Å². The van der Waals surface area contributed by atoms with Crippen LogP contribution in [0, 0.1) is 5.92 Å². The zero-order chi connectivity index (χ0) is 14.8. The fourth-order valence-electron chi connectivity index (χ4n) is 3.47. The van der Waals surface area contributed by atoms with Crippen LogP contribution in [0.4, 0.5) is 10.5 Å². The molecular weight excluding hydrogens is 288 g/mol. The number of halogens is 1. The second-order valence-electron chi connectivity index (χ2n) is 5.81. The van der Waals surface area contributed by atoms with E-state index < -0.39 is 0 Å². The average molecular weight is 307 g/mol. The van der Waals surface area contributed by atoms with Gasteiger partial charge in [0.2, 0.25) is 0 Å². The number of benzene rings is 1. The van der Waals surface area contributed by atoms with Gasteiger partial charge in [-0.2, -0.15) is 0 Å². The first kappa shape index (κ1) is 14.4. The van der Waals surface area contributed by atoms with Crippen LogP contribution < -0.4 is 5.32 Å². The van der Waals surface area contributed by atoms with Gasteiger partial charge in [-0.1, -0.05) is 17.7 Å². The number of hydrogen-bond donors (Lipinski definition) is 1. The van der Waals surface area contributed by atoms with Crippen LogP contribution in [-0.2, 0) is 4.79 Å². The van der Waals surface area contributed by atoms with Crippen LogP contribution in [0.3, 0.4) is 0 Å². The van der Waals surface area contributed by atoms with Crippen LogP contribution >= 0.6 is 11.6 Å². The minimum absolute atomic E-state index is 0.0395. The monoisotopic (exact) mass is 306 g/mol. The lowest BCUT2D eigenvalue weighted by Crippen LogP contribution is -2.43. The van der Waals surface area contributed by atoms with E-state index >= 15 is 0 Å². The van der Waals surface area contributed by atoms with Gasteiger partial charge >= 0.3 is 6.03 Å². The minimum Gasteiger partial charge on any atom is -0.321 e. The van der Waals surface area contributed by atoms with Gasteiger partial charge in [-0.05, 0) is 43.9 Å². The molecular formula is C16H19ClN2O2. The molecule has 2 aliphatic rings. The van der Waals surface area contributed by atoms with E-state index in [1.165, 1.54) is 0 Å². The molecule has 4 nitrogen and oxygen atoms in total. The standard InChI is InChI=1S/C16H19ClN2O2/c17-11-4-1-5-12(10-11)18-16(21)19-9-3-7-14(19)13-6-2-8-15(13)20/h1,4-5,10,13-14H,2-3,6-9H2,(H,18,21). The zero-order valence-electron chi connectivity index (χ0n) is 11.8. The lowest BCUT2D eigenvalue weighted by molar-refractivity contribution is -0.121. The van der Waals surface area contributed by atoms with Gasteiger partial charge in [-0.25, -0.2) is 4.79 Å². The van der Waals surface area contributed by atoms with Crippen LogP contribution in [0.25, 0.3) is 0 Å². The molecule has 1 aliphatic heterocycles. The fraction of sp³-hybridized carbons (Fsp3) is 0.500. The molecule has 5 heteroatoms. The van der Waals surface area contributed by atoms with Crippen molar-refractivity contribution in [2.24, 2.45) is 5.92 Å². The number of hydrogen-bond acceptors (Lipinski definition) is 2. The molecule has 21 heavy (non-hydrogen) atoms. The number of anilines is 1. The summed E-state index contributed by atoms with van der Waals surface area (Å²) in [5, 5.41) is 3.48. The lowest BCUT2D eigenvalue weighted by Gasteiger charge is -2.28. The largest absolute Gasteiger partial charge is 0.322 e. The number of rotatable bonds is 2. The highest BCUT2D eigenvalue weighted by Crippen LogP contribution is 2.33. The maximum atomic E-state index is 12.5. The van der Waals surface area contributed by atoms with Crippen molar-refractivity contribution in [3.8, 4) is 0 Å². The summed E-state index contributed by atoms with van der Waals surface area (Å²) in [6, 6.07) is 7.06. The van der Waals surface area contributed by atoms with Gasteiger partial charge in [0.25, 0.3) is 0 Å². The van der Waals surface area contributed by atoms with Crippen molar-refractivity contribution in [2.75, 3.05) is 11.9 Å². The summed E-state index contributed by atoms with van der Waals surface area (Å²) in [6.45, 7) is 0.723. The Balaban J connectivity index is 1.70. The highest BCUT2D eigenvalue weighted by molar-refractivity contribution is 6.30. The highest BCUT2D eigenvalue weighted by Gasteiger charge is 2.40. The molecule has 1 N–H and O–H groups in total. The number of nitrogens with zero attached hydrogens (tertiary/aromatic N) is 1. The van der Waals surface area contributed by atoms with Crippen LogP contribution in [-0.4, -0.2) is 29.3 Å². The molecule has 2 fully saturated rings. The molecule has 0 radical (unpaired) electrons. The summed E-state index contributed by atoms with van der Waals surface area (Å²) in [6.07, 6.45) is 4.45. The van der Waals surface area contributed by atoms with Crippen LogP contribution in [0.1, 0.15) is 32.1 Å². The molecule has 1 aliphatic carbocycles. The summed E-state index contributed by atoms with van der Waals surface area (Å²) >= 11 is 5.93. The Labute approximate surface area is 129 Å². The third-order valence-corrected chi connectivity index (χ3v) is 4.69. The molecule has 0 bridgehead atoms. The Morgan fingerprint density at radius 2 is 2.14 bits per heavy atom. The third kappa shape index (κ3) is 3.05. The number of amides is 2. The Morgan fingerprint density at radius 3 is 2.86 bits per heavy atom. The predicted octanol–water partition coefficient (Wildman–Crippen LogP) is 3.71. The van der Waals surface area contributed by atoms with Crippen molar-refractivity contribution in [1.82, 2.24) is 4.90 Å². The molecule has 3 rings (SSSR count). The minimum atomic E-state index is -0.125. The van der Waals surface area contributed by atoms with E-state index in [1.54, 1.807) is 18.2 Å². The number of nitrogens with one attached hydrogen (secondary N) is 1. The Hall–Kier alpha value is -1.55. The Bertz CT molecular complexity index is 561. The van der Waals surface area contributed by atoms with Gasteiger partial charge in [-0.3, -0.25) is 4.79 Å². The maximum Gasteiger partial charge on any atom is 0.322 e. The number of carbonyl (C=O) groups is 2. The van der Waals surface area contributed by atoms with Gasteiger partial charge in [0.05, 0.1) is 0 Å². The van der Waals surface area contributed by atoms with Crippen molar-refractivity contribution in [1.29, 1.82) is 0 Å². The fourth-order valence-corrected chi connectivity index (χ4v) is 3.66. The molecule has 0 spiro atoms. The van der Waals surface area contributed by atoms with E-state index in [0.29, 0.717) is 22.9 Å². The van der Waals surface area contributed by atoms with E-state index in [2.05, 4.69) is 5.32 Å². The average Bonchev–Trinajstić information content (AvgIpc) is 3.06. The summed E-state index contributed by atoms with van der Waals surface area (Å²) in [5.74, 6) is 0.361. The summed E-state index contributed by atoms with van der Waals surface area (Å²) in [7, 11) is 0. The van der Waals surface area contributed by atoms with Gasteiger partial charge in [0.15, 0.2) is 0 Å². The molecule has 2 amide bonds. The SMILES string of the molecule is O=C1CCCC1C1CCCN1C(=O)Nc1cccc(Cl)c1. The Kier molecular flexibility index (Phi) is 4.15. The molecule has 112 valence electrons. The van der Waals surface area contributed by atoms with Gasteiger partial charge in [-0.15, -0.1) is 0 Å². The third-order valence-electron chi connectivity index (χ3n) is 4.45. The number of Topliss-reactive ketones (excluding diaryl/α,β-unsaturated/α-hetero) is 1. The number of likely N-dealkylation sites (tertiary alicyclic amines) is 1. The number of urea groups is 1. The first-order valence-electron chi connectivity index (χ1n) is 7.51. The van der Waals surface area contributed by atoms with E-state index in [9.17, 15) is 9.59 Å². The van der Waals surface area contributed by atoms with Crippen molar-refractivity contribution in [2.45, 2.75) is 38.1 Å². The van der Waals surface area contributed by atoms with E-state index in [-0.39, 0.29) is 18.0 Å². The second-order valence-corrected chi connectivity index (χ2v) is 6.24. The summed E-state index contributed by atoms with van der Waals surface area (Å²) in [5.41, 5.74) is 0.691. The zero-order valence-corrected chi connectivity index (χ0v) is 12.6. The molecule has 2 atom stereocenters. The number of ketones is 1. The van der Waals surface area contributed by atoms with Crippen LogP contribution in [0.2, 0.25) is 5.02 Å². The molecule has 2 unspecified atom stereocenters. The van der Waals surface area contributed by atoms with E-state index in [0.717, 1.165) is 32.2 Å². The lowest BCUT2D eigenvalue weighted by atomic mass is 9.95. The van der Waals surface area contributed by atoms with Gasteiger partial charge in [0.1, 0.15) is 5.78 Å². The first-order chi connectivity index (χ1) is 10.1. The second kappa shape index (κ2) is 6.06. The van der Waals surface area contributed by atoms with Crippen molar-refractivity contribution in [3.05, 3.63) is 29.3 Å². The molecule has 1 heterocycles. The Morgan fingerprint density at radius 1 is 1.29 bits per heavy atom. The summed E-state index contributed by atoms with van der Waals surface area (Å²) < 4.78 is 0. The molecule has 1 aromatic carbocycles. The van der Waals surface area contributed by atoms with Crippen LogP contribution in [0.15, 0.2) is 24.3 Å². The van der Waals surface area contributed by atoms with Gasteiger partial charge < -0.3 is 10.2 Å². The van der Waals surface area contributed by atoms with E-state index in [1.807, 2.05) is 11.0 Å². The normalized spacial score (nSPS) is 25.4. The maximum absolute atomic E-state index is 12.5. The predicted molar refractivity (Wildman–Crippen MR) is 82.5 cm³/mol. The first-order valence-corrected chi connectivity index (χ1v) is 7.89. The van der Waals surface area contributed by atoms with Crippen molar-refractivity contribution in [3.63, 3.8) is 0 Å². The molecule has 1 saturated carbocycles. The molecule has 1 aromatic rings. The quantitative estimate of drug-likeness (QED) is 0.905. The molecule has 0 aromatic heterocycles. The highest BCUT2D eigenvalue weighted by atomic mass is 35.5. The topological polar surface area (TPSA) is 49.4 Å². The summed E-state index contributed by atoms with van der Waals surface area (Å²) in [4.78, 5) is 26.2. The smallest absolute Gasteiger partial charge is 0.321 e. The van der Waals surface area contributed by atoms with Crippen molar-refractivity contribution >= 4 is 29.1 Å². The van der Waals surface area contributed by atoms with Gasteiger partial charge in [0, 0.05) is 35.6 Å². The van der Waals surface area contributed by atoms with Crippen LogP contribution in [0.5, 0.6) is 0 Å². The molecule has 1 saturated heterocycles.